The van der Waals surface area contributed by atoms with Crippen molar-refractivity contribution in [1.82, 2.24) is 9.29 Å². The number of nitrogens with zero attached hydrogens (tertiary/aromatic N) is 2. The molecule has 0 saturated carbocycles. The zero-order chi connectivity index (χ0) is 17.7. The van der Waals surface area contributed by atoms with Gasteiger partial charge in [0.2, 0.25) is 15.9 Å². The van der Waals surface area contributed by atoms with Crippen LogP contribution >= 0.6 is 0 Å². The summed E-state index contributed by atoms with van der Waals surface area (Å²) in [5.74, 6) is -0.0121. The Morgan fingerprint density at radius 3 is 2.62 bits per heavy atom. The predicted octanol–water partition coefficient (Wildman–Crippen LogP) is 2.48. The van der Waals surface area contributed by atoms with Crippen LogP contribution in [0.15, 0.2) is 36.5 Å². The average molecular weight is 349 g/mol. The second kappa shape index (κ2) is 7.72. The molecule has 1 heterocycles. The van der Waals surface area contributed by atoms with E-state index in [9.17, 15) is 13.2 Å². The number of anilines is 1. The maximum atomic E-state index is 12.3. The van der Waals surface area contributed by atoms with Crippen molar-refractivity contribution in [1.29, 1.82) is 0 Å². The minimum Gasteiger partial charge on any atom is -0.323 e. The minimum atomic E-state index is -3.43. The van der Waals surface area contributed by atoms with Gasteiger partial charge < -0.3 is 5.32 Å². The Morgan fingerprint density at radius 1 is 1.25 bits per heavy atom. The number of fused-ring (bicyclic) bond motifs is 1. The Bertz CT molecular complexity index is 813. The van der Waals surface area contributed by atoms with Crippen molar-refractivity contribution in [3.63, 3.8) is 0 Å². The molecule has 0 atom stereocenters. The van der Waals surface area contributed by atoms with E-state index in [1.54, 1.807) is 12.3 Å². The van der Waals surface area contributed by atoms with Gasteiger partial charge in [-0.25, -0.2) is 8.42 Å². The van der Waals surface area contributed by atoms with Crippen molar-refractivity contribution in [2.45, 2.75) is 20.3 Å². The molecular weight excluding hydrogens is 326 g/mol. The number of rotatable bonds is 7. The molecule has 0 spiro atoms. The number of para-hydroxylation sites is 1. The van der Waals surface area contributed by atoms with Crippen LogP contribution in [-0.2, 0) is 14.8 Å². The zero-order valence-electron chi connectivity index (χ0n) is 14.2. The highest BCUT2D eigenvalue weighted by Crippen LogP contribution is 2.20. The average Bonchev–Trinajstić information content (AvgIpc) is 2.50. The summed E-state index contributed by atoms with van der Waals surface area (Å²) < 4.78 is 25.0. The van der Waals surface area contributed by atoms with Crippen LogP contribution in [0.3, 0.4) is 0 Å². The van der Waals surface area contributed by atoms with E-state index in [0.29, 0.717) is 30.1 Å². The largest absolute Gasteiger partial charge is 0.323 e. The van der Waals surface area contributed by atoms with E-state index in [4.69, 9.17) is 0 Å². The third-order valence-corrected chi connectivity index (χ3v) is 4.90. The molecule has 0 bridgehead atoms. The van der Waals surface area contributed by atoms with Gasteiger partial charge in [0.1, 0.15) is 0 Å². The highest BCUT2D eigenvalue weighted by molar-refractivity contribution is 7.88. The number of benzene rings is 1. The Hall–Kier alpha value is -1.99. The molecular formula is C17H23N3O3S. The minimum absolute atomic E-state index is 0.200. The van der Waals surface area contributed by atoms with Crippen molar-refractivity contribution in [3.8, 4) is 0 Å². The van der Waals surface area contributed by atoms with E-state index in [1.807, 2.05) is 38.1 Å². The van der Waals surface area contributed by atoms with Crippen LogP contribution in [-0.4, -0.2) is 43.0 Å². The third-order valence-electron chi connectivity index (χ3n) is 3.65. The van der Waals surface area contributed by atoms with Crippen molar-refractivity contribution in [2.75, 3.05) is 24.7 Å². The van der Waals surface area contributed by atoms with Crippen molar-refractivity contribution < 1.29 is 13.2 Å². The first-order valence-corrected chi connectivity index (χ1v) is 9.71. The molecule has 0 aliphatic rings. The molecule has 6 nitrogen and oxygen atoms in total. The van der Waals surface area contributed by atoms with E-state index >= 15 is 0 Å². The van der Waals surface area contributed by atoms with Gasteiger partial charge in [-0.15, -0.1) is 0 Å². The molecule has 2 rings (SSSR count). The van der Waals surface area contributed by atoms with Crippen LogP contribution in [0.5, 0.6) is 0 Å². The summed E-state index contributed by atoms with van der Waals surface area (Å²) >= 11 is 0. The monoisotopic (exact) mass is 349 g/mol. The summed E-state index contributed by atoms with van der Waals surface area (Å²) in [4.78, 5) is 16.6. The number of hydrogen-bond donors (Lipinski definition) is 1. The van der Waals surface area contributed by atoms with Crippen LogP contribution in [0.1, 0.15) is 20.3 Å². The van der Waals surface area contributed by atoms with Gasteiger partial charge in [0.05, 0.1) is 24.0 Å². The molecule has 0 radical (unpaired) electrons. The first kappa shape index (κ1) is 18.4. The fourth-order valence-electron chi connectivity index (χ4n) is 2.32. The molecule has 1 aromatic carbocycles. The maximum absolute atomic E-state index is 12.3. The highest BCUT2D eigenvalue weighted by Gasteiger charge is 2.20. The van der Waals surface area contributed by atoms with Gasteiger partial charge in [-0.1, -0.05) is 32.0 Å². The molecule has 1 aromatic heterocycles. The summed E-state index contributed by atoms with van der Waals surface area (Å²) in [7, 11) is -3.43. The predicted molar refractivity (Wildman–Crippen MR) is 96.2 cm³/mol. The third kappa shape index (κ3) is 5.01. The molecule has 0 fully saturated rings. The molecule has 2 aromatic rings. The zero-order valence-corrected chi connectivity index (χ0v) is 15.0. The number of sulfonamides is 1. The molecule has 0 aliphatic heterocycles. The number of amides is 1. The lowest BCUT2D eigenvalue weighted by Crippen LogP contribution is -2.38. The van der Waals surface area contributed by atoms with E-state index in [2.05, 4.69) is 10.3 Å². The second-order valence-electron chi connectivity index (χ2n) is 6.21. The number of carbonyl (C=O) groups is 1. The summed E-state index contributed by atoms with van der Waals surface area (Å²) in [6.45, 7) is 4.16. The quantitative estimate of drug-likeness (QED) is 0.833. The summed E-state index contributed by atoms with van der Waals surface area (Å²) in [6, 6.07) is 9.22. The number of carbonyl (C=O) groups excluding carboxylic acids is 1. The first-order valence-electron chi connectivity index (χ1n) is 7.86. The van der Waals surface area contributed by atoms with Crippen molar-refractivity contribution >= 4 is 32.5 Å². The highest BCUT2D eigenvalue weighted by atomic mass is 32.2. The van der Waals surface area contributed by atoms with E-state index in [0.717, 1.165) is 11.6 Å². The summed E-state index contributed by atoms with van der Waals surface area (Å²) in [5, 5.41) is 3.68. The standard InChI is InChI=1S/C17H23N3O3S/c1-13(2)9-11-20(24(3,22)23)12-16(21)19-15-8-4-6-14-7-5-10-18-17(14)15/h4-8,10,13H,9,11-12H2,1-3H3,(H,19,21). The number of hydrogen-bond acceptors (Lipinski definition) is 4. The maximum Gasteiger partial charge on any atom is 0.239 e. The van der Waals surface area contributed by atoms with Crippen molar-refractivity contribution in [2.24, 2.45) is 5.92 Å². The number of aromatic nitrogens is 1. The van der Waals surface area contributed by atoms with Gasteiger partial charge in [0.15, 0.2) is 0 Å². The molecule has 1 N–H and O–H groups in total. The summed E-state index contributed by atoms with van der Waals surface area (Å²) in [6.07, 6.45) is 3.49. The van der Waals surface area contributed by atoms with Crippen molar-refractivity contribution in [3.05, 3.63) is 36.5 Å². The van der Waals surface area contributed by atoms with E-state index in [-0.39, 0.29) is 12.5 Å². The molecule has 24 heavy (non-hydrogen) atoms. The van der Waals surface area contributed by atoms with Crippen LogP contribution in [0.25, 0.3) is 10.9 Å². The molecule has 0 aliphatic carbocycles. The smallest absolute Gasteiger partial charge is 0.239 e. The lowest BCUT2D eigenvalue weighted by atomic mass is 10.1. The Morgan fingerprint density at radius 2 is 1.96 bits per heavy atom. The van der Waals surface area contributed by atoms with Gasteiger partial charge in [0, 0.05) is 18.1 Å². The van der Waals surface area contributed by atoms with E-state index in [1.165, 1.54) is 4.31 Å². The van der Waals surface area contributed by atoms with Crippen LogP contribution < -0.4 is 5.32 Å². The van der Waals surface area contributed by atoms with Gasteiger partial charge in [-0.05, 0) is 24.5 Å². The van der Waals surface area contributed by atoms with Gasteiger partial charge in [-0.3, -0.25) is 9.78 Å². The fraction of sp³-hybridized carbons (Fsp3) is 0.412. The van der Waals surface area contributed by atoms with Crippen LogP contribution in [0.4, 0.5) is 5.69 Å². The first-order chi connectivity index (χ1) is 11.3. The molecule has 0 saturated heterocycles. The number of pyridine rings is 1. The molecule has 0 unspecified atom stereocenters. The lowest BCUT2D eigenvalue weighted by Gasteiger charge is -2.20. The molecule has 130 valence electrons. The second-order valence-corrected chi connectivity index (χ2v) is 8.19. The molecule has 1 amide bonds. The fourth-order valence-corrected chi connectivity index (χ4v) is 3.11. The molecule has 7 heteroatoms. The van der Waals surface area contributed by atoms with E-state index < -0.39 is 10.0 Å². The summed E-state index contributed by atoms with van der Waals surface area (Å²) in [5.41, 5.74) is 1.26. The van der Waals surface area contributed by atoms with Gasteiger partial charge >= 0.3 is 0 Å². The van der Waals surface area contributed by atoms with Gasteiger partial charge in [-0.2, -0.15) is 4.31 Å². The van der Waals surface area contributed by atoms with Crippen LogP contribution in [0, 0.1) is 5.92 Å². The SMILES string of the molecule is CC(C)CCN(CC(=O)Nc1cccc2cccnc12)S(C)(=O)=O. The normalized spacial score (nSPS) is 12.0. The van der Waals surface area contributed by atoms with Gasteiger partial charge in [0.25, 0.3) is 0 Å². The lowest BCUT2D eigenvalue weighted by molar-refractivity contribution is -0.116. The Labute approximate surface area is 142 Å². The Kier molecular flexibility index (Phi) is 5.90. The Balaban J connectivity index is 2.12. The number of nitrogens with one attached hydrogen (secondary N) is 1. The topological polar surface area (TPSA) is 79.4 Å². The van der Waals surface area contributed by atoms with Crippen LogP contribution in [0.2, 0.25) is 0 Å².